The van der Waals surface area contributed by atoms with Crippen molar-refractivity contribution in [3.8, 4) is 0 Å². The third-order valence-electron chi connectivity index (χ3n) is 4.96. The third-order valence-corrected chi connectivity index (χ3v) is 4.96. The molecule has 0 radical (unpaired) electrons. The molecule has 2 aromatic carbocycles. The minimum atomic E-state index is -0.250. The van der Waals surface area contributed by atoms with Crippen molar-refractivity contribution in [2.24, 2.45) is 0 Å². The molecule has 0 bridgehead atoms. The largest absolute Gasteiger partial charge is 0.352 e. The first-order chi connectivity index (χ1) is 13.3. The molecular formula is C23H24N2O3. The Morgan fingerprint density at radius 3 is 2.32 bits per heavy atom. The summed E-state index contributed by atoms with van der Waals surface area (Å²) in [5.74, 6) is -0.315. The number of pyridine rings is 1. The lowest BCUT2D eigenvalue weighted by molar-refractivity contribution is -0.121. The molecule has 0 aliphatic rings. The molecule has 5 heteroatoms. The molecule has 0 aliphatic carbocycles. The van der Waals surface area contributed by atoms with Crippen molar-refractivity contribution in [1.29, 1.82) is 0 Å². The quantitative estimate of drug-likeness (QED) is 0.643. The Labute approximate surface area is 163 Å². The zero-order chi connectivity index (χ0) is 20.3. The predicted molar refractivity (Wildman–Crippen MR) is 111 cm³/mol. The van der Waals surface area contributed by atoms with Gasteiger partial charge in [-0.2, -0.15) is 0 Å². The highest BCUT2D eigenvalue weighted by Gasteiger charge is 2.10. The molecule has 3 aromatic rings. The number of aryl methyl sites for hydroxylation is 3. The third kappa shape index (κ3) is 4.55. The van der Waals surface area contributed by atoms with E-state index in [4.69, 9.17) is 0 Å². The molecule has 3 rings (SSSR count). The smallest absolute Gasteiger partial charge is 0.253 e. The van der Waals surface area contributed by atoms with Crippen LogP contribution in [0.2, 0.25) is 0 Å². The first-order valence-electron chi connectivity index (χ1n) is 9.33. The fourth-order valence-electron chi connectivity index (χ4n) is 3.05. The van der Waals surface area contributed by atoms with Crippen LogP contribution in [-0.2, 0) is 11.3 Å². The van der Waals surface area contributed by atoms with Crippen LogP contribution in [-0.4, -0.2) is 16.7 Å². The molecule has 0 spiro atoms. The van der Waals surface area contributed by atoms with Gasteiger partial charge in [-0.25, -0.2) is 0 Å². The summed E-state index contributed by atoms with van der Waals surface area (Å²) in [5.41, 5.74) is 5.01. The number of hydrogen-bond donors (Lipinski definition) is 2. The monoisotopic (exact) mass is 376 g/mol. The van der Waals surface area contributed by atoms with Crippen molar-refractivity contribution in [3.05, 3.63) is 80.6 Å². The van der Waals surface area contributed by atoms with E-state index < -0.39 is 0 Å². The van der Waals surface area contributed by atoms with E-state index in [9.17, 15) is 14.4 Å². The molecule has 2 N–H and O–H groups in total. The molecule has 0 saturated heterocycles. The maximum atomic E-state index is 12.3. The van der Waals surface area contributed by atoms with Crippen molar-refractivity contribution >= 4 is 22.6 Å². The van der Waals surface area contributed by atoms with Crippen LogP contribution in [0.4, 0.5) is 0 Å². The van der Waals surface area contributed by atoms with Gasteiger partial charge >= 0.3 is 0 Å². The summed E-state index contributed by atoms with van der Waals surface area (Å²) < 4.78 is 0. The number of Topliss-reactive ketones (excluding diaryl/α,β-unsaturated/α-hetero) is 1. The Balaban J connectivity index is 1.60. The molecule has 0 aliphatic heterocycles. The second kappa shape index (κ2) is 8.21. The number of amides is 1. The topological polar surface area (TPSA) is 79.0 Å². The highest BCUT2D eigenvalue weighted by molar-refractivity contribution is 5.98. The summed E-state index contributed by atoms with van der Waals surface area (Å²) in [4.78, 5) is 39.4. The van der Waals surface area contributed by atoms with Crippen LogP contribution >= 0.6 is 0 Å². The predicted octanol–water partition coefficient (Wildman–Crippen LogP) is 3.73. The zero-order valence-corrected chi connectivity index (χ0v) is 16.4. The van der Waals surface area contributed by atoms with Crippen molar-refractivity contribution in [2.75, 3.05) is 0 Å². The van der Waals surface area contributed by atoms with Crippen molar-refractivity contribution in [3.63, 3.8) is 0 Å². The maximum Gasteiger partial charge on any atom is 0.253 e. The van der Waals surface area contributed by atoms with E-state index in [0.717, 1.165) is 27.6 Å². The Hall–Kier alpha value is -3.21. The van der Waals surface area contributed by atoms with Crippen molar-refractivity contribution < 1.29 is 9.59 Å². The lowest BCUT2D eigenvalue weighted by Crippen LogP contribution is -2.27. The van der Waals surface area contributed by atoms with E-state index in [1.54, 1.807) is 18.2 Å². The number of aromatic amines is 1. The van der Waals surface area contributed by atoms with Crippen LogP contribution in [0.25, 0.3) is 10.9 Å². The molecular weight excluding hydrogens is 352 g/mol. The zero-order valence-electron chi connectivity index (χ0n) is 16.4. The van der Waals surface area contributed by atoms with Crippen LogP contribution in [0.5, 0.6) is 0 Å². The molecule has 0 atom stereocenters. The van der Waals surface area contributed by atoms with Crippen LogP contribution in [0, 0.1) is 20.8 Å². The summed E-state index contributed by atoms with van der Waals surface area (Å²) in [7, 11) is 0. The Bertz CT molecular complexity index is 1100. The average Bonchev–Trinajstić information content (AvgIpc) is 2.66. The summed E-state index contributed by atoms with van der Waals surface area (Å²) in [6.45, 7) is 6.11. The lowest BCUT2D eigenvalue weighted by Gasteiger charge is -2.08. The summed E-state index contributed by atoms with van der Waals surface area (Å²) in [6, 6.07) is 13.1. The molecule has 0 fully saturated rings. The second-order valence-corrected chi connectivity index (χ2v) is 7.21. The maximum absolute atomic E-state index is 12.3. The van der Waals surface area contributed by atoms with E-state index in [0.29, 0.717) is 11.1 Å². The van der Waals surface area contributed by atoms with Gasteiger partial charge < -0.3 is 10.3 Å². The summed E-state index contributed by atoms with van der Waals surface area (Å²) in [5, 5.41) is 3.67. The molecule has 5 nitrogen and oxygen atoms in total. The van der Waals surface area contributed by atoms with Gasteiger partial charge in [0.15, 0.2) is 5.78 Å². The Kier molecular flexibility index (Phi) is 5.73. The highest BCUT2D eigenvalue weighted by Crippen LogP contribution is 2.17. The molecule has 0 unspecified atom stereocenters. The minimum Gasteiger partial charge on any atom is -0.352 e. The SMILES string of the molecule is Cc1ccc(C(=O)CCC(=O)NCc2cc3cc(C)c(C)cc3[nH]c2=O)cc1. The van der Waals surface area contributed by atoms with Gasteiger partial charge in [-0.05, 0) is 55.5 Å². The number of aromatic nitrogens is 1. The first-order valence-corrected chi connectivity index (χ1v) is 9.33. The van der Waals surface area contributed by atoms with Gasteiger partial charge in [0, 0.05) is 36.0 Å². The first kappa shape index (κ1) is 19.5. The van der Waals surface area contributed by atoms with E-state index in [-0.39, 0.29) is 36.6 Å². The molecule has 1 heterocycles. The lowest BCUT2D eigenvalue weighted by atomic mass is 10.0. The highest BCUT2D eigenvalue weighted by atomic mass is 16.2. The average molecular weight is 376 g/mol. The Morgan fingerprint density at radius 2 is 1.61 bits per heavy atom. The molecule has 144 valence electrons. The van der Waals surface area contributed by atoms with Crippen LogP contribution in [0.15, 0.2) is 47.3 Å². The van der Waals surface area contributed by atoms with Crippen LogP contribution < -0.4 is 10.9 Å². The number of benzene rings is 2. The van der Waals surface area contributed by atoms with Gasteiger partial charge in [0.2, 0.25) is 5.91 Å². The number of fused-ring (bicyclic) bond motifs is 1. The normalized spacial score (nSPS) is 10.8. The molecule has 1 aromatic heterocycles. The summed E-state index contributed by atoms with van der Waals surface area (Å²) in [6.07, 6.45) is 0.234. The second-order valence-electron chi connectivity index (χ2n) is 7.21. The number of rotatable bonds is 6. The number of carbonyl (C=O) groups is 2. The van der Waals surface area contributed by atoms with Gasteiger partial charge in [0.1, 0.15) is 0 Å². The fourth-order valence-corrected chi connectivity index (χ4v) is 3.05. The minimum absolute atomic E-state index is 0.0652. The van der Waals surface area contributed by atoms with Crippen molar-refractivity contribution in [1.82, 2.24) is 10.3 Å². The van der Waals surface area contributed by atoms with Gasteiger partial charge in [-0.1, -0.05) is 29.8 Å². The fraction of sp³-hybridized carbons (Fsp3) is 0.261. The number of H-pyrrole nitrogens is 1. The number of nitrogens with one attached hydrogen (secondary N) is 2. The van der Waals surface area contributed by atoms with E-state index in [1.807, 2.05) is 45.0 Å². The Morgan fingerprint density at radius 1 is 0.929 bits per heavy atom. The van der Waals surface area contributed by atoms with Gasteiger partial charge in [-0.15, -0.1) is 0 Å². The van der Waals surface area contributed by atoms with Crippen molar-refractivity contribution in [2.45, 2.75) is 40.2 Å². The molecule has 1 amide bonds. The summed E-state index contributed by atoms with van der Waals surface area (Å²) >= 11 is 0. The molecule has 0 saturated carbocycles. The van der Waals surface area contributed by atoms with Gasteiger partial charge in [-0.3, -0.25) is 14.4 Å². The number of carbonyl (C=O) groups excluding carboxylic acids is 2. The van der Waals surface area contributed by atoms with Gasteiger partial charge in [0.25, 0.3) is 5.56 Å². The van der Waals surface area contributed by atoms with Crippen LogP contribution in [0.1, 0.15) is 45.5 Å². The van der Waals surface area contributed by atoms with Gasteiger partial charge in [0.05, 0.1) is 0 Å². The number of ketones is 1. The number of hydrogen-bond acceptors (Lipinski definition) is 3. The van der Waals surface area contributed by atoms with E-state index >= 15 is 0 Å². The van der Waals surface area contributed by atoms with E-state index in [1.165, 1.54) is 0 Å². The standard InChI is InChI=1S/C23H24N2O3/c1-14-4-6-17(7-5-14)21(26)8-9-22(27)24-13-19-12-18-10-15(2)16(3)11-20(18)25-23(19)28/h4-7,10-12H,8-9,13H2,1-3H3,(H,24,27)(H,25,28). The van der Waals surface area contributed by atoms with Crippen LogP contribution in [0.3, 0.4) is 0 Å². The molecule has 28 heavy (non-hydrogen) atoms. The van der Waals surface area contributed by atoms with E-state index in [2.05, 4.69) is 10.3 Å².